The minimum atomic E-state index is -0.368. The number of benzene rings is 2. The van der Waals surface area contributed by atoms with Crippen LogP contribution < -0.4 is 0 Å². The Morgan fingerprint density at radius 1 is 1.12 bits per heavy atom. The van der Waals surface area contributed by atoms with Crippen molar-refractivity contribution in [3.05, 3.63) is 71.3 Å². The molecule has 0 bridgehead atoms. The normalized spacial score (nSPS) is 18.6. The van der Waals surface area contributed by atoms with E-state index >= 15 is 0 Å². The van der Waals surface area contributed by atoms with Crippen LogP contribution >= 0.6 is 0 Å². The van der Waals surface area contributed by atoms with Gasteiger partial charge in [-0.3, -0.25) is 4.90 Å². The van der Waals surface area contributed by atoms with Gasteiger partial charge in [-0.05, 0) is 42.9 Å². The Bertz CT molecular complexity index is 637. The summed E-state index contributed by atoms with van der Waals surface area (Å²) in [6.45, 7) is 5.44. The van der Waals surface area contributed by atoms with Crippen LogP contribution in [0.5, 0.6) is 0 Å². The molecule has 25 heavy (non-hydrogen) atoms. The lowest BCUT2D eigenvalue weighted by atomic mass is 10.1. The van der Waals surface area contributed by atoms with Gasteiger partial charge in [0.15, 0.2) is 0 Å². The molecule has 1 heterocycles. The second-order valence-electron chi connectivity index (χ2n) is 7.10. The van der Waals surface area contributed by atoms with E-state index in [0.717, 1.165) is 32.5 Å². The van der Waals surface area contributed by atoms with Crippen LogP contribution in [0.15, 0.2) is 54.6 Å². The molecule has 0 radical (unpaired) electrons. The van der Waals surface area contributed by atoms with Crippen molar-refractivity contribution in [2.24, 2.45) is 0 Å². The molecule has 2 unspecified atom stereocenters. The van der Waals surface area contributed by atoms with Crippen LogP contribution in [0.1, 0.15) is 29.5 Å². The van der Waals surface area contributed by atoms with E-state index in [2.05, 4.69) is 48.2 Å². The summed E-state index contributed by atoms with van der Waals surface area (Å²) in [6, 6.07) is 18.7. The highest BCUT2D eigenvalue weighted by Gasteiger charge is 2.21. The van der Waals surface area contributed by atoms with Gasteiger partial charge in [0.2, 0.25) is 0 Å². The number of rotatable bonds is 8. The van der Waals surface area contributed by atoms with E-state index in [9.17, 15) is 5.11 Å². The van der Waals surface area contributed by atoms with Gasteiger partial charge in [0.25, 0.3) is 0 Å². The third-order valence-corrected chi connectivity index (χ3v) is 4.92. The Morgan fingerprint density at radius 2 is 1.88 bits per heavy atom. The first-order valence-electron chi connectivity index (χ1n) is 9.31. The first kappa shape index (κ1) is 18.1. The molecule has 1 aliphatic heterocycles. The molecule has 1 fully saturated rings. The molecular formula is C22H29NO2. The summed E-state index contributed by atoms with van der Waals surface area (Å²) < 4.78 is 5.83. The second-order valence-corrected chi connectivity index (χ2v) is 7.10. The van der Waals surface area contributed by atoms with Crippen molar-refractivity contribution in [3.63, 3.8) is 0 Å². The second kappa shape index (κ2) is 9.14. The number of aliphatic hydroxyl groups is 1. The zero-order valence-corrected chi connectivity index (χ0v) is 15.1. The maximum absolute atomic E-state index is 10.6. The molecule has 0 spiro atoms. The number of hydrogen-bond donors (Lipinski definition) is 1. The summed E-state index contributed by atoms with van der Waals surface area (Å²) in [5.41, 5.74) is 3.81. The van der Waals surface area contributed by atoms with Crippen molar-refractivity contribution in [2.75, 3.05) is 19.7 Å². The molecule has 0 amide bonds. The van der Waals surface area contributed by atoms with Crippen molar-refractivity contribution in [2.45, 2.75) is 44.9 Å². The van der Waals surface area contributed by atoms with Crippen LogP contribution in [-0.2, 0) is 17.7 Å². The Kier molecular flexibility index (Phi) is 6.62. The molecule has 0 aromatic heterocycles. The standard InChI is InChI=1S/C22H29NO2/c1-18-8-5-6-11-20(18)15-23(17-22-12-7-13-25-22)16-21(24)14-19-9-3-2-4-10-19/h2-6,8-11,21-22,24H,7,12-17H2,1H3. The van der Waals surface area contributed by atoms with Crippen LogP contribution in [0.3, 0.4) is 0 Å². The molecule has 1 N–H and O–H groups in total. The zero-order valence-electron chi connectivity index (χ0n) is 15.1. The fourth-order valence-electron chi connectivity index (χ4n) is 3.56. The molecule has 1 saturated heterocycles. The Hall–Kier alpha value is -1.68. The molecule has 3 nitrogen and oxygen atoms in total. The fourth-order valence-corrected chi connectivity index (χ4v) is 3.56. The topological polar surface area (TPSA) is 32.7 Å². The highest BCUT2D eigenvalue weighted by molar-refractivity contribution is 5.25. The van der Waals surface area contributed by atoms with E-state index in [4.69, 9.17) is 4.74 Å². The maximum atomic E-state index is 10.6. The lowest BCUT2D eigenvalue weighted by molar-refractivity contribution is 0.0464. The smallest absolute Gasteiger partial charge is 0.0707 e. The molecular weight excluding hydrogens is 310 g/mol. The molecule has 0 aliphatic carbocycles. The summed E-state index contributed by atoms with van der Waals surface area (Å²) in [6.07, 6.45) is 2.89. The van der Waals surface area contributed by atoms with Gasteiger partial charge in [-0.25, -0.2) is 0 Å². The van der Waals surface area contributed by atoms with E-state index < -0.39 is 0 Å². The Morgan fingerprint density at radius 3 is 2.60 bits per heavy atom. The van der Waals surface area contributed by atoms with Crippen molar-refractivity contribution in [1.29, 1.82) is 0 Å². The number of nitrogens with zero attached hydrogens (tertiary/aromatic N) is 1. The minimum absolute atomic E-state index is 0.299. The van der Waals surface area contributed by atoms with Crippen LogP contribution in [0, 0.1) is 6.92 Å². The van der Waals surface area contributed by atoms with Gasteiger partial charge < -0.3 is 9.84 Å². The average Bonchev–Trinajstić information content (AvgIpc) is 3.10. The summed E-state index contributed by atoms with van der Waals surface area (Å²) in [7, 11) is 0. The van der Waals surface area contributed by atoms with Crippen LogP contribution in [0.4, 0.5) is 0 Å². The largest absolute Gasteiger partial charge is 0.391 e. The molecule has 2 aromatic rings. The molecule has 3 heteroatoms. The van der Waals surface area contributed by atoms with Gasteiger partial charge in [-0.2, -0.15) is 0 Å². The van der Waals surface area contributed by atoms with Crippen molar-refractivity contribution in [3.8, 4) is 0 Å². The van der Waals surface area contributed by atoms with E-state index in [1.165, 1.54) is 16.7 Å². The van der Waals surface area contributed by atoms with Gasteiger partial charge >= 0.3 is 0 Å². The van der Waals surface area contributed by atoms with E-state index in [1.54, 1.807) is 0 Å². The molecule has 3 rings (SSSR count). The van der Waals surface area contributed by atoms with Crippen molar-refractivity contribution >= 4 is 0 Å². The van der Waals surface area contributed by atoms with E-state index in [0.29, 0.717) is 19.1 Å². The third-order valence-electron chi connectivity index (χ3n) is 4.92. The first-order valence-corrected chi connectivity index (χ1v) is 9.31. The van der Waals surface area contributed by atoms with Gasteiger partial charge in [0.05, 0.1) is 12.2 Å². The highest BCUT2D eigenvalue weighted by Crippen LogP contribution is 2.17. The summed E-state index contributed by atoms with van der Waals surface area (Å²) >= 11 is 0. The third kappa shape index (κ3) is 5.67. The van der Waals surface area contributed by atoms with Crippen LogP contribution in [-0.4, -0.2) is 41.9 Å². The van der Waals surface area contributed by atoms with Crippen LogP contribution in [0.2, 0.25) is 0 Å². The molecule has 1 aliphatic rings. The van der Waals surface area contributed by atoms with Gasteiger partial charge in [-0.15, -0.1) is 0 Å². The number of ether oxygens (including phenoxy) is 1. The summed E-state index contributed by atoms with van der Waals surface area (Å²) in [5.74, 6) is 0. The van der Waals surface area contributed by atoms with Gasteiger partial charge in [-0.1, -0.05) is 54.6 Å². The summed E-state index contributed by atoms with van der Waals surface area (Å²) in [4.78, 5) is 2.35. The average molecular weight is 339 g/mol. The molecule has 0 saturated carbocycles. The highest BCUT2D eigenvalue weighted by atomic mass is 16.5. The van der Waals surface area contributed by atoms with Crippen molar-refractivity contribution < 1.29 is 9.84 Å². The quantitative estimate of drug-likeness (QED) is 0.798. The lowest BCUT2D eigenvalue weighted by Gasteiger charge is -2.28. The number of hydrogen-bond acceptors (Lipinski definition) is 3. The minimum Gasteiger partial charge on any atom is -0.391 e. The van der Waals surface area contributed by atoms with Crippen molar-refractivity contribution in [1.82, 2.24) is 4.90 Å². The Balaban J connectivity index is 1.63. The lowest BCUT2D eigenvalue weighted by Crippen LogP contribution is -2.38. The summed E-state index contributed by atoms with van der Waals surface area (Å²) in [5, 5.41) is 10.6. The first-order chi connectivity index (χ1) is 12.2. The number of aliphatic hydroxyl groups excluding tert-OH is 1. The fraction of sp³-hybridized carbons (Fsp3) is 0.455. The predicted octanol–water partition coefficient (Wildman–Crippen LogP) is 3.58. The van der Waals surface area contributed by atoms with Gasteiger partial charge in [0, 0.05) is 26.2 Å². The SMILES string of the molecule is Cc1ccccc1CN(CC(O)Cc1ccccc1)CC1CCCO1. The molecule has 134 valence electrons. The Labute approximate surface area is 151 Å². The maximum Gasteiger partial charge on any atom is 0.0707 e. The van der Waals surface area contributed by atoms with E-state index in [-0.39, 0.29) is 6.10 Å². The number of aryl methyl sites for hydroxylation is 1. The monoisotopic (exact) mass is 339 g/mol. The molecule has 2 aromatic carbocycles. The predicted molar refractivity (Wildman–Crippen MR) is 102 cm³/mol. The zero-order chi connectivity index (χ0) is 17.5. The van der Waals surface area contributed by atoms with Gasteiger partial charge in [0.1, 0.15) is 0 Å². The van der Waals surface area contributed by atoms with Crippen LogP contribution in [0.25, 0.3) is 0 Å². The van der Waals surface area contributed by atoms with E-state index in [1.807, 2.05) is 18.2 Å². The molecule has 2 atom stereocenters.